The molecule has 0 spiro atoms. The Morgan fingerprint density at radius 2 is 2.15 bits per heavy atom. The summed E-state index contributed by atoms with van der Waals surface area (Å²) in [4.78, 5) is 0. The lowest BCUT2D eigenvalue weighted by Gasteiger charge is -2.34. The zero-order valence-electron chi connectivity index (χ0n) is 13.4. The maximum Gasteiger partial charge on any atom is 0.0628 e. The minimum atomic E-state index is 0.381. The number of nitrogens with two attached hydrogens (primary N) is 1. The maximum atomic E-state index is 5.87. The van der Waals surface area contributed by atoms with E-state index in [-0.39, 0.29) is 0 Å². The fraction of sp³-hybridized carbons (Fsp3) is 0.812. The SMILES string of the molecule is CCC1CCCC(C(Cc2c(C)nn(C)c2C)NN)C1. The first-order valence-electron chi connectivity index (χ1n) is 8.02. The number of nitrogens with zero attached hydrogens (tertiary/aromatic N) is 2. The molecule has 0 radical (unpaired) electrons. The van der Waals surface area contributed by atoms with E-state index in [0.717, 1.165) is 18.0 Å². The molecule has 1 fully saturated rings. The predicted molar refractivity (Wildman–Crippen MR) is 83.2 cm³/mol. The molecule has 1 aromatic rings. The Morgan fingerprint density at radius 3 is 2.70 bits per heavy atom. The first kappa shape index (κ1) is 15.5. The molecule has 3 atom stereocenters. The summed E-state index contributed by atoms with van der Waals surface area (Å²) in [6.45, 7) is 6.57. The van der Waals surface area contributed by atoms with Crippen molar-refractivity contribution in [3.63, 3.8) is 0 Å². The highest BCUT2D eigenvalue weighted by Crippen LogP contribution is 2.34. The van der Waals surface area contributed by atoms with Crippen LogP contribution in [0.3, 0.4) is 0 Å². The number of hydrogen-bond donors (Lipinski definition) is 2. The molecular formula is C16H30N4. The molecule has 0 aromatic carbocycles. The Bertz CT molecular complexity index is 438. The van der Waals surface area contributed by atoms with Gasteiger partial charge < -0.3 is 0 Å². The number of rotatable bonds is 5. The van der Waals surface area contributed by atoms with Crippen LogP contribution in [0.1, 0.15) is 56.0 Å². The van der Waals surface area contributed by atoms with E-state index in [1.807, 2.05) is 11.7 Å². The normalized spacial score (nSPS) is 24.9. The second kappa shape index (κ2) is 6.72. The van der Waals surface area contributed by atoms with Gasteiger partial charge in [-0.3, -0.25) is 16.0 Å². The van der Waals surface area contributed by atoms with Gasteiger partial charge in [0.2, 0.25) is 0 Å². The molecule has 0 saturated heterocycles. The van der Waals surface area contributed by atoms with Gasteiger partial charge in [0, 0.05) is 18.8 Å². The third-order valence-corrected chi connectivity index (χ3v) is 5.27. The summed E-state index contributed by atoms with van der Waals surface area (Å²) in [5, 5.41) is 4.52. The molecule has 1 saturated carbocycles. The Balaban J connectivity index is 2.08. The molecule has 0 aliphatic heterocycles. The molecule has 0 amide bonds. The van der Waals surface area contributed by atoms with E-state index in [9.17, 15) is 0 Å². The van der Waals surface area contributed by atoms with Crippen molar-refractivity contribution < 1.29 is 0 Å². The number of aryl methyl sites for hydroxylation is 2. The lowest BCUT2D eigenvalue weighted by molar-refractivity contribution is 0.207. The van der Waals surface area contributed by atoms with Gasteiger partial charge in [-0.05, 0) is 50.5 Å². The monoisotopic (exact) mass is 278 g/mol. The van der Waals surface area contributed by atoms with E-state index < -0.39 is 0 Å². The van der Waals surface area contributed by atoms with Crippen LogP contribution < -0.4 is 11.3 Å². The molecule has 3 N–H and O–H groups in total. The molecule has 20 heavy (non-hydrogen) atoms. The summed E-state index contributed by atoms with van der Waals surface area (Å²) < 4.78 is 1.98. The van der Waals surface area contributed by atoms with Crippen LogP contribution in [0, 0.1) is 25.7 Å². The van der Waals surface area contributed by atoms with Crippen molar-refractivity contribution in [1.82, 2.24) is 15.2 Å². The summed E-state index contributed by atoms with van der Waals surface area (Å²) in [6.07, 6.45) is 7.69. The first-order valence-corrected chi connectivity index (χ1v) is 8.02. The van der Waals surface area contributed by atoms with Crippen molar-refractivity contribution >= 4 is 0 Å². The average Bonchev–Trinajstić information content (AvgIpc) is 2.70. The fourth-order valence-corrected chi connectivity index (χ4v) is 3.76. The van der Waals surface area contributed by atoms with Gasteiger partial charge in [-0.1, -0.05) is 26.2 Å². The molecule has 0 bridgehead atoms. The van der Waals surface area contributed by atoms with Crippen LogP contribution in [-0.2, 0) is 13.5 Å². The third kappa shape index (κ3) is 3.23. The van der Waals surface area contributed by atoms with Crippen molar-refractivity contribution in [3.05, 3.63) is 17.0 Å². The Kier molecular flexibility index (Phi) is 5.22. The summed E-state index contributed by atoms with van der Waals surface area (Å²) in [5.41, 5.74) is 6.88. The zero-order chi connectivity index (χ0) is 14.7. The van der Waals surface area contributed by atoms with E-state index in [2.05, 4.69) is 31.3 Å². The number of nitrogens with one attached hydrogen (secondary N) is 1. The molecule has 3 unspecified atom stereocenters. The number of aromatic nitrogens is 2. The average molecular weight is 278 g/mol. The highest BCUT2D eigenvalue weighted by Gasteiger charge is 2.28. The Morgan fingerprint density at radius 1 is 1.40 bits per heavy atom. The third-order valence-electron chi connectivity index (χ3n) is 5.27. The molecule has 1 aromatic heterocycles. The van der Waals surface area contributed by atoms with Crippen molar-refractivity contribution in [2.75, 3.05) is 0 Å². The van der Waals surface area contributed by atoms with E-state index in [1.165, 1.54) is 43.4 Å². The summed E-state index contributed by atoms with van der Waals surface area (Å²) in [5.74, 6) is 7.46. The molecule has 1 heterocycles. The summed E-state index contributed by atoms with van der Waals surface area (Å²) in [7, 11) is 2.02. The molecule has 4 heteroatoms. The van der Waals surface area contributed by atoms with Gasteiger partial charge in [0.1, 0.15) is 0 Å². The quantitative estimate of drug-likeness (QED) is 0.643. The highest BCUT2D eigenvalue weighted by molar-refractivity contribution is 5.25. The molecule has 1 aliphatic carbocycles. The van der Waals surface area contributed by atoms with E-state index in [1.54, 1.807) is 0 Å². The maximum absolute atomic E-state index is 5.87. The summed E-state index contributed by atoms with van der Waals surface area (Å²) in [6, 6.07) is 0.381. The topological polar surface area (TPSA) is 55.9 Å². The predicted octanol–water partition coefficient (Wildman–Crippen LogP) is 2.63. The van der Waals surface area contributed by atoms with E-state index >= 15 is 0 Å². The van der Waals surface area contributed by atoms with Gasteiger partial charge in [0.25, 0.3) is 0 Å². The van der Waals surface area contributed by atoms with Gasteiger partial charge >= 0.3 is 0 Å². The minimum absolute atomic E-state index is 0.381. The second-order valence-corrected chi connectivity index (χ2v) is 6.45. The first-order chi connectivity index (χ1) is 9.56. The second-order valence-electron chi connectivity index (χ2n) is 6.45. The van der Waals surface area contributed by atoms with Crippen molar-refractivity contribution in [2.45, 2.75) is 65.3 Å². The van der Waals surface area contributed by atoms with Crippen LogP contribution in [0.5, 0.6) is 0 Å². The number of hydrogen-bond acceptors (Lipinski definition) is 3. The zero-order valence-corrected chi connectivity index (χ0v) is 13.4. The van der Waals surface area contributed by atoms with Crippen LogP contribution in [0.2, 0.25) is 0 Å². The molecular weight excluding hydrogens is 248 g/mol. The van der Waals surface area contributed by atoms with Gasteiger partial charge in [-0.2, -0.15) is 5.10 Å². The lowest BCUT2D eigenvalue weighted by Crippen LogP contribution is -2.44. The van der Waals surface area contributed by atoms with Crippen LogP contribution >= 0.6 is 0 Å². The Hall–Kier alpha value is -0.870. The largest absolute Gasteiger partial charge is 0.272 e. The van der Waals surface area contributed by atoms with E-state index in [4.69, 9.17) is 5.84 Å². The van der Waals surface area contributed by atoms with Crippen LogP contribution in [-0.4, -0.2) is 15.8 Å². The lowest BCUT2D eigenvalue weighted by atomic mass is 9.75. The Labute approximate surface area is 123 Å². The van der Waals surface area contributed by atoms with Crippen molar-refractivity contribution in [1.29, 1.82) is 0 Å². The number of hydrazine groups is 1. The van der Waals surface area contributed by atoms with Crippen LogP contribution in [0.15, 0.2) is 0 Å². The summed E-state index contributed by atoms with van der Waals surface area (Å²) >= 11 is 0. The molecule has 2 rings (SSSR count). The fourth-order valence-electron chi connectivity index (χ4n) is 3.76. The van der Waals surface area contributed by atoms with Gasteiger partial charge in [-0.25, -0.2) is 0 Å². The van der Waals surface area contributed by atoms with Crippen LogP contribution in [0.4, 0.5) is 0 Å². The molecule has 4 nitrogen and oxygen atoms in total. The van der Waals surface area contributed by atoms with Gasteiger partial charge in [-0.15, -0.1) is 0 Å². The molecule has 1 aliphatic rings. The smallest absolute Gasteiger partial charge is 0.0628 e. The molecule has 114 valence electrons. The van der Waals surface area contributed by atoms with E-state index in [0.29, 0.717) is 12.0 Å². The highest BCUT2D eigenvalue weighted by atomic mass is 15.3. The van der Waals surface area contributed by atoms with Gasteiger partial charge in [0.15, 0.2) is 0 Å². The van der Waals surface area contributed by atoms with Gasteiger partial charge in [0.05, 0.1) is 5.69 Å². The van der Waals surface area contributed by atoms with Crippen LogP contribution in [0.25, 0.3) is 0 Å². The van der Waals surface area contributed by atoms with Crippen molar-refractivity contribution in [2.24, 2.45) is 24.7 Å². The van der Waals surface area contributed by atoms with Crippen molar-refractivity contribution in [3.8, 4) is 0 Å². The standard InChI is InChI=1S/C16H30N4/c1-5-13-7-6-8-14(9-13)16(18-17)10-15-11(2)19-20(4)12(15)3/h13-14,16,18H,5-10,17H2,1-4H3. The minimum Gasteiger partial charge on any atom is -0.272 e.